The maximum absolute atomic E-state index is 9.16. The van der Waals surface area contributed by atoms with Crippen LogP contribution in [-0.4, -0.2) is 12.6 Å². The summed E-state index contributed by atoms with van der Waals surface area (Å²) < 4.78 is 0. The number of hydrogen-bond acceptors (Lipinski definition) is 5. The molecule has 0 amide bonds. The number of allylic oxidation sites excluding steroid dienone is 2. The van der Waals surface area contributed by atoms with E-state index in [-0.39, 0.29) is 11.4 Å². The van der Waals surface area contributed by atoms with Crippen LogP contribution in [0, 0.1) is 22.7 Å². The average molecular weight is 329 g/mol. The predicted molar refractivity (Wildman–Crippen MR) is 95.1 cm³/mol. The van der Waals surface area contributed by atoms with Crippen LogP contribution in [0.15, 0.2) is 82.0 Å². The van der Waals surface area contributed by atoms with Gasteiger partial charge in [0.1, 0.15) is 18.5 Å². The highest BCUT2D eigenvalue weighted by Crippen LogP contribution is 2.06. The number of aliphatic imine (C=N–C) groups is 2. The Balaban J connectivity index is 1.96. The van der Waals surface area contributed by atoms with Gasteiger partial charge >= 0.3 is 0 Å². The topological polar surface area (TPSA) is 93.6 Å². The fourth-order valence-corrected chi connectivity index (χ4v) is 1.79. The molecule has 25 heavy (non-hydrogen) atoms. The lowest BCUT2D eigenvalue weighted by atomic mass is 10.2. The maximum atomic E-state index is 9.16. The zero-order valence-electron chi connectivity index (χ0n) is 13.3. The number of nitrogens with zero attached hydrogens (tertiary/aromatic N) is 4. The van der Waals surface area contributed by atoms with Crippen molar-refractivity contribution in [3.63, 3.8) is 0 Å². The zero-order chi connectivity index (χ0) is 17.7. The molecule has 1 N–H and O–H groups in total. The smallest absolute Gasteiger partial charge is 0.178 e. The van der Waals surface area contributed by atoms with Crippen LogP contribution in [0.25, 0.3) is 0 Å². The second kappa shape index (κ2) is 10.1. The van der Waals surface area contributed by atoms with E-state index in [1.807, 2.05) is 72.8 Å². The van der Waals surface area contributed by atoms with Gasteiger partial charge in [0.25, 0.3) is 0 Å². The van der Waals surface area contributed by atoms with Gasteiger partial charge in [-0.3, -0.25) is 10.3 Å². The minimum atomic E-state index is -0.106. The van der Waals surface area contributed by atoms with Crippen LogP contribution >= 0.6 is 0 Å². The molecule has 0 atom stereocenters. The lowest BCUT2D eigenvalue weighted by molar-refractivity contribution is 0.0745. The van der Waals surface area contributed by atoms with Crippen molar-refractivity contribution >= 4 is 12.6 Å². The molecule has 0 fully saturated rings. The highest BCUT2D eigenvalue weighted by molar-refractivity contribution is 5.80. The number of nitriles is 2. The van der Waals surface area contributed by atoms with E-state index in [0.29, 0.717) is 6.61 Å². The summed E-state index contributed by atoms with van der Waals surface area (Å²) >= 11 is 0. The third kappa shape index (κ3) is 6.11. The first-order valence-corrected chi connectivity index (χ1v) is 7.41. The van der Waals surface area contributed by atoms with Crippen molar-refractivity contribution in [3.05, 3.63) is 83.2 Å². The Bertz CT molecular complexity index is 843. The first-order chi connectivity index (χ1) is 12.3. The summed E-state index contributed by atoms with van der Waals surface area (Å²) in [5, 5.41) is 18.3. The Labute approximate surface area is 146 Å². The maximum Gasteiger partial charge on any atom is 0.178 e. The van der Waals surface area contributed by atoms with Gasteiger partial charge in [0.15, 0.2) is 11.4 Å². The normalized spacial score (nSPS) is 11.8. The quantitative estimate of drug-likeness (QED) is 0.278. The molecular weight excluding hydrogens is 314 g/mol. The van der Waals surface area contributed by atoms with Crippen molar-refractivity contribution in [2.75, 3.05) is 0 Å². The van der Waals surface area contributed by atoms with Crippen molar-refractivity contribution in [2.45, 2.75) is 6.61 Å². The zero-order valence-corrected chi connectivity index (χ0v) is 13.3. The fraction of sp³-hybridized carbons (Fsp3) is 0.0526. The first-order valence-electron chi connectivity index (χ1n) is 7.41. The molecule has 0 aliphatic carbocycles. The summed E-state index contributed by atoms with van der Waals surface area (Å²) in [5.41, 5.74) is 4.14. The second-order valence-electron chi connectivity index (χ2n) is 4.74. The Kier molecular flexibility index (Phi) is 7.12. The van der Waals surface area contributed by atoms with E-state index in [0.717, 1.165) is 11.1 Å². The molecule has 0 aliphatic rings. The van der Waals surface area contributed by atoms with E-state index in [2.05, 4.69) is 15.5 Å². The SMILES string of the molecule is N#C/C(N=CNOCc1ccccc1)=C(\C#N)N=Cc1ccccc1. The minimum Gasteiger partial charge on any atom is -0.270 e. The molecule has 6 nitrogen and oxygen atoms in total. The number of nitrogens with one attached hydrogen (secondary N) is 1. The molecule has 6 heteroatoms. The molecule has 0 unspecified atom stereocenters. The molecule has 122 valence electrons. The van der Waals surface area contributed by atoms with Gasteiger partial charge in [-0.05, 0) is 11.1 Å². The fourth-order valence-electron chi connectivity index (χ4n) is 1.79. The molecule has 0 heterocycles. The van der Waals surface area contributed by atoms with Crippen LogP contribution in [0.3, 0.4) is 0 Å². The van der Waals surface area contributed by atoms with Gasteiger partial charge in [0.05, 0.1) is 6.61 Å². The van der Waals surface area contributed by atoms with E-state index < -0.39 is 0 Å². The molecule has 0 aliphatic heterocycles. The summed E-state index contributed by atoms with van der Waals surface area (Å²) in [6.45, 7) is 0.343. The summed E-state index contributed by atoms with van der Waals surface area (Å²) in [6, 6.07) is 22.6. The molecule has 0 saturated carbocycles. The van der Waals surface area contributed by atoms with Gasteiger partial charge in [-0.1, -0.05) is 60.7 Å². The first kappa shape index (κ1) is 17.6. The molecule has 0 bridgehead atoms. The number of benzene rings is 2. The minimum absolute atomic E-state index is 0.0764. The van der Waals surface area contributed by atoms with Gasteiger partial charge in [-0.15, -0.1) is 0 Å². The highest BCUT2D eigenvalue weighted by atomic mass is 16.6. The lowest BCUT2D eigenvalue weighted by Gasteiger charge is -2.01. The summed E-state index contributed by atoms with van der Waals surface area (Å²) in [4.78, 5) is 13.1. The Hall–Kier alpha value is -3.74. The van der Waals surface area contributed by atoms with E-state index in [4.69, 9.17) is 15.4 Å². The van der Waals surface area contributed by atoms with Crippen LogP contribution in [0.5, 0.6) is 0 Å². The monoisotopic (exact) mass is 329 g/mol. The van der Waals surface area contributed by atoms with Gasteiger partial charge in [0, 0.05) is 6.21 Å². The molecular formula is C19H15N5O. The van der Waals surface area contributed by atoms with Crippen LogP contribution in [-0.2, 0) is 11.4 Å². The molecule has 0 radical (unpaired) electrons. The standard InChI is InChI=1S/C19H15N5O/c20-11-18(22-13-16-7-3-1-4-8-16)19(12-21)23-15-24-25-14-17-9-5-2-6-10-17/h1-10,13,15H,14H2,(H,23,24)/b19-18-,22-13?. The van der Waals surface area contributed by atoms with Gasteiger partial charge < -0.3 is 0 Å². The van der Waals surface area contributed by atoms with Crippen LogP contribution in [0.2, 0.25) is 0 Å². The van der Waals surface area contributed by atoms with Crippen molar-refractivity contribution < 1.29 is 4.84 Å². The summed E-state index contributed by atoms with van der Waals surface area (Å²) in [6.07, 6.45) is 2.71. The van der Waals surface area contributed by atoms with Crippen molar-refractivity contribution in [3.8, 4) is 12.1 Å². The van der Waals surface area contributed by atoms with Gasteiger partial charge in [-0.2, -0.15) is 10.5 Å². The molecule has 2 aromatic carbocycles. The Morgan fingerprint density at radius 1 is 0.920 bits per heavy atom. The predicted octanol–water partition coefficient (Wildman–Crippen LogP) is 3.11. The van der Waals surface area contributed by atoms with Gasteiger partial charge in [-0.25, -0.2) is 9.98 Å². The van der Waals surface area contributed by atoms with Crippen molar-refractivity contribution in [1.82, 2.24) is 5.48 Å². The van der Waals surface area contributed by atoms with Crippen LogP contribution in [0.1, 0.15) is 11.1 Å². The van der Waals surface area contributed by atoms with Gasteiger partial charge in [0.2, 0.25) is 0 Å². The number of hydrogen-bond donors (Lipinski definition) is 1. The summed E-state index contributed by atoms with van der Waals surface area (Å²) in [5.74, 6) is 0. The third-order valence-electron chi connectivity index (χ3n) is 2.99. The molecule has 0 aromatic heterocycles. The summed E-state index contributed by atoms with van der Waals surface area (Å²) in [7, 11) is 0. The molecule has 2 aromatic rings. The number of hydroxylamine groups is 1. The molecule has 0 saturated heterocycles. The second-order valence-corrected chi connectivity index (χ2v) is 4.74. The van der Waals surface area contributed by atoms with E-state index >= 15 is 0 Å². The largest absolute Gasteiger partial charge is 0.270 e. The van der Waals surface area contributed by atoms with Crippen molar-refractivity contribution in [1.29, 1.82) is 10.5 Å². The van der Waals surface area contributed by atoms with E-state index in [9.17, 15) is 0 Å². The number of rotatable bonds is 7. The van der Waals surface area contributed by atoms with Crippen molar-refractivity contribution in [2.24, 2.45) is 9.98 Å². The lowest BCUT2D eigenvalue weighted by Crippen LogP contribution is -2.11. The highest BCUT2D eigenvalue weighted by Gasteiger charge is 2.02. The molecule has 0 spiro atoms. The average Bonchev–Trinajstić information content (AvgIpc) is 2.68. The third-order valence-corrected chi connectivity index (χ3v) is 2.99. The van der Waals surface area contributed by atoms with E-state index in [1.165, 1.54) is 12.6 Å². The molecule has 2 rings (SSSR count). The van der Waals surface area contributed by atoms with Crippen LogP contribution in [0.4, 0.5) is 0 Å². The Morgan fingerprint density at radius 3 is 2.16 bits per heavy atom. The Morgan fingerprint density at radius 2 is 1.52 bits per heavy atom. The van der Waals surface area contributed by atoms with Crippen LogP contribution < -0.4 is 5.48 Å². The van der Waals surface area contributed by atoms with E-state index in [1.54, 1.807) is 0 Å².